The smallest absolute Gasteiger partial charge is 0.449 e. The first-order valence-electron chi connectivity index (χ1n) is 15.5. The van der Waals surface area contributed by atoms with E-state index < -0.39 is 30.5 Å². The van der Waals surface area contributed by atoms with E-state index in [0.717, 1.165) is 15.5 Å². The van der Waals surface area contributed by atoms with Gasteiger partial charge >= 0.3 is 6.18 Å². The Labute approximate surface area is 277 Å². The number of fused-ring (bicyclic) bond motifs is 2. The molecule has 1 unspecified atom stereocenters. The van der Waals surface area contributed by atoms with Crippen molar-refractivity contribution in [1.29, 1.82) is 0 Å². The second kappa shape index (κ2) is 12.8. The monoisotopic (exact) mass is 675 g/mol. The van der Waals surface area contributed by atoms with Gasteiger partial charge in [0.1, 0.15) is 18.1 Å². The summed E-state index contributed by atoms with van der Waals surface area (Å²) < 4.78 is 59.7. The molecule has 0 spiro atoms. The quantitative estimate of drug-likeness (QED) is 0.230. The molecule has 6 aromatic rings. The minimum absolute atomic E-state index is 0.101. The molecule has 0 bridgehead atoms. The third-order valence-corrected chi connectivity index (χ3v) is 8.59. The zero-order valence-electron chi connectivity index (χ0n) is 26.9. The Balaban J connectivity index is 1.24. The van der Waals surface area contributed by atoms with Gasteiger partial charge in [-0.15, -0.1) is 0 Å². The van der Waals surface area contributed by atoms with E-state index in [-0.39, 0.29) is 17.6 Å². The maximum Gasteiger partial charge on any atom is 0.449 e. The van der Waals surface area contributed by atoms with Crippen LogP contribution < -0.4 is 9.47 Å². The summed E-state index contributed by atoms with van der Waals surface area (Å²) in [6.07, 6.45) is -2.73. The van der Waals surface area contributed by atoms with E-state index in [9.17, 15) is 18.0 Å². The standard InChI is InChI=1S/C33H32F3N9O4/c1-19-38-28(42-49-19)17-43-11-10-26(30-37-16-25(39-30)22-14-20-6-4-5-7-23(20)40-31(22)48-3)44(13-12-43)29(46)18-45-27-15-21(47-2)8-9-24(27)41-32(45)33(34,35)36/h4-9,14-16,26H,10-13,17-18H2,1-3H3,(H,37,39). The summed E-state index contributed by atoms with van der Waals surface area (Å²) in [6, 6.07) is 13.4. The van der Waals surface area contributed by atoms with Crippen LogP contribution in [0.5, 0.6) is 11.6 Å². The van der Waals surface area contributed by atoms with Gasteiger partial charge in [-0.1, -0.05) is 23.4 Å². The molecule has 16 heteroatoms. The molecule has 254 valence electrons. The van der Waals surface area contributed by atoms with Gasteiger partial charge in [0.15, 0.2) is 5.82 Å². The Morgan fingerprint density at radius 2 is 1.86 bits per heavy atom. The summed E-state index contributed by atoms with van der Waals surface area (Å²) >= 11 is 0. The van der Waals surface area contributed by atoms with E-state index in [1.807, 2.05) is 30.3 Å². The van der Waals surface area contributed by atoms with Crippen molar-refractivity contribution >= 4 is 27.8 Å². The molecule has 13 nitrogen and oxygen atoms in total. The molecule has 1 fully saturated rings. The maximum atomic E-state index is 14.3. The van der Waals surface area contributed by atoms with E-state index in [1.54, 1.807) is 18.0 Å². The van der Waals surface area contributed by atoms with Crippen LogP contribution in [-0.2, 0) is 24.1 Å². The molecule has 0 saturated carbocycles. The van der Waals surface area contributed by atoms with Crippen LogP contribution in [0.25, 0.3) is 33.2 Å². The van der Waals surface area contributed by atoms with Gasteiger partial charge in [-0.25, -0.2) is 15.0 Å². The highest BCUT2D eigenvalue weighted by atomic mass is 19.4. The van der Waals surface area contributed by atoms with Crippen LogP contribution in [0.1, 0.15) is 35.8 Å². The fourth-order valence-corrected chi connectivity index (χ4v) is 6.25. The van der Waals surface area contributed by atoms with E-state index >= 15 is 0 Å². The van der Waals surface area contributed by atoms with Gasteiger partial charge in [-0.05, 0) is 30.7 Å². The summed E-state index contributed by atoms with van der Waals surface area (Å²) in [5, 5.41) is 4.90. The second-order valence-corrected chi connectivity index (χ2v) is 11.7. The molecule has 7 rings (SSSR count). The lowest BCUT2D eigenvalue weighted by molar-refractivity contribution is -0.148. The number of carbonyl (C=O) groups excluding carboxylic acids is 1. The van der Waals surface area contributed by atoms with E-state index in [1.165, 1.54) is 32.4 Å². The number of benzene rings is 2. The van der Waals surface area contributed by atoms with Gasteiger partial charge < -0.3 is 28.4 Å². The van der Waals surface area contributed by atoms with Crippen molar-refractivity contribution in [2.75, 3.05) is 33.9 Å². The number of carbonyl (C=O) groups is 1. The molecule has 1 atom stereocenters. The van der Waals surface area contributed by atoms with Crippen LogP contribution in [0.4, 0.5) is 13.2 Å². The van der Waals surface area contributed by atoms with Crippen LogP contribution in [0.15, 0.2) is 59.3 Å². The number of methoxy groups -OCH3 is 2. The molecule has 1 N–H and O–H groups in total. The normalized spacial score (nSPS) is 16.0. The van der Waals surface area contributed by atoms with Crippen molar-refractivity contribution < 1.29 is 32.0 Å². The first kappa shape index (κ1) is 32.1. The lowest BCUT2D eigenvalue weighted by Crippen LogP contribution is -2.40. The highest BCUT2D eigenvalue weighted by Gasteiger charge is 2.39. The number of H-pyrrole nitrogens is 1. The summed E-state index contributed by atoms with van der Waals surface area (Å²) in [5.41, 5.74) is 2.30. The molecule has 0 aliphatic carbocycles. The van der Waals surface area contributed by atoms with E-state index in [0.29, 0.717) is 66.5 Å². The number of pyridine rings is 1. The number of hydrogen-bond donors (Lipinski definition) is 1. The van der Waals surface area contributed by atoms with Crippen LogP contribution >= 0.6 is 0 Å². The average molecular weight is 676 g/mol. The first-order chi connectivity index (χ1) is 23.6. The number of alkyl halides is 3. The lowest BCUT2D eigenvalue weighted by atomic mass is 10.1. The van der Waals surface area contributed by atoms with Crippen molar-refractivity contribution in [1.82, 2.24) is 44.4 Å². The van der Waals surface area contributed by atoms with Crippen molar-refractivity contribution in [3.63, 3.8) is 0 Å². The average Bonchev–Trinajstić information content (AvgIpc) is 3.80. The predicted molar refractivity (Wildman–Crippen MR) is 171 cm³/mol. The zero-order chi connectivity index (χ0) is 34.3. The van der Waals surface area contributed by atoms with Crippen molar-refractivity contribution in [2.45, 2.75) is 38.7 Å². The Kier molecular flexibility index (Phi) is 8.40. The predicted octanol–water partition coefficient (Wildman–Crippen LogP) is 5.18. The van der Waals surface area contributed by atoms with Crippen LogP contribution in [0, 0.1) is 6.92 Å². The molecule has 4 aromatic heterocycles. The van der Waals surface area contributed by atoms with Crippen molar-refractivity contribution in [2.24, 2.45) is 0 Å². The highest BCUT2D eigenvalue weighted by molar-refractivity contribution is 5.85. The SMILES string of the molecule is COc1ccc2nc(C(F)(F)F)n(CC(=O)N3CCN(Cc4noc(C)n4)CCC3c3ncc(-c4cc5ccccc5nc4OC)[nH]3)c2c1. The second-order valence-electron chi connectivity index (χ2n) is 11.7. The maximum absolute atomic E-state index is 14.3. The number of para-hydroxylation sites is 1. The van der Waals surface area contributed by atoms with Crippen LogP contribution in [-0.4, -0.2) is 84.2 Å². The van der Waals surface area contributed by atoms with Gasteiger partial charge in [0.25, 0.3) is 0 Å². The minimum Gasteiger partial charge on any atom is -0.497 e. The minimum atomic E-state index is -4.80. The van der Waals surface area contributed by atoms with Crippen molar-refractivity contribution in [3.05, 3.63) is 78.1 Å². The largest absolute Gasteiger partial charge is 0.497 e. The number of hydrogen-bond acceptors (Lipinski definition) is 10. The topological polar surface area (TPSA) is 140 Å². The summed E-state index contributed by atoms with van der Waals surface area (Å²) in [7, 11) is 2.95. The third kappa shape index (κ3) is 6.38. The number of halogens is 3. The number of nitrogens with zero attached hydrogens (tertiary/aromatic N) is 8. The Morgan fingerprint density at radius 1 is 1.02 bits per heavy atom. The van der Waals surface area contributed by atoms with Gasteiger partial charge in [-0.3, -0.25) is 9.69 Å². The Morgan fingerprint density at radius 3 is 2.61 bits per heavy atom. The summed E-state index contributed by atoms with van der Waals surface area (Å²) in [4.78, 5) is 38.7. The lowest BCUT2D eigenvalue weighted by Gasteiger charge is -2.29. The van der Waals surface area contributed by atoms with Gasteiger partial charge in [0, 0.05) is 38.0 Å². The molecule has 1 aliphatic heterocycles. The number of aryl methyl sites for hydroxylation is 1. The number of aromatic amines is 1. The Hall–Kier alpha value is -5.51. The number of imidazole rings is 2. The summed E-state index contributed by atoms with van der Waals surface area (Å²) in [6.45, 7) is 2.62. The molecule has 1 amide bonds. The fraction of sp³-hybridized carbons (Fsp3) is 0.333. The molecule has 0 radical (unpaired) electrons. The van der Waals surface area contributed by atoms with Gasteiger partial charge in [0.05, 0.1) is 60.8 Å². The van der Waals surface area contributed by atoms with E-state index in [4.69, 9.17) is 14.0 Å². The first-order valence-corrected chi connectivity index (χ1v) is 15.5. The molecular weight excluding hydrogens is 643 g/mol. The highest BCUT2D eigenvalue weighted by Crippen LogP contribution is 2.35. The molecule has 5 heterocycles. The van der Waals surface area contributed by atoms with Crippen LogP contribution in [0.3, 0.4) is 0 Å². The number of ether oxygens (including phenoxy) is 2. The third-order valence-electron chi connectivity index (χ3n) is 8.59. The zero-order valence-corrected chi connectivity index (χ0v) is 26.9. The fourth-order valence-electron chi connectivity index (χ4n) is 6.25. The molecule has 2 aromatic carbocycles. The molecule has 1 aliphatic rings. The number of amides is 1. The number of aromatic nitrogens is 7. The van der Waals surface area contributed by atoms with Crippen LogP contribution in [0.2, 0.25) is 0 Å². The number of nitrogens with one attached hydrogen (secondary N) is 1. The molecule has 49 heavy (non-hydrogen) atoms. The number of rotatable bonds is 8. The molecule has 1 saturated heterocycles. The Bertz CT molecular complexity index is 2140. The summed E-state index contributed by atoms with van der Waals surface area (Å²) in [5.74, 6) is 0.454. The van der Waals surface area contributed by atoms with Crippen molar-refractivity contribution in [3.8, 4) is 22.9 Å². The van der Waals surface area contributed by atoms with Gasteiger partial charge in [-0.2, -0.15) is 18.2 Å². The molecular formula is C33H32F3N9O4. The van der Waals surface area contributed by atoms with E-state index in [2.05, 4.69) is 35.0 Å². The van der Waals surface area contributed by atoms with Gasteiger partial charge in [0.2, 0.25) is 23.5 Å².